The van der Waals surface area contributed by atoms with Crippen LogP contribution >= 0.6 is 11.3 Å². The second kappa shape index (κ2) is 9.40. The van der Waals surface area contributed by atoms with Crippen LogP contribution in [0.3, 0.4) is 0 Å². The van der Waals surface area contributed by atoms with Gasteiger partial charge in [0, 0.05) is 13.0 Å². The maximum Gasteiger partial charge on any atom is 0.249 e. The Balaban J connectivity index is 1.84. The smallest absolute Gasteiger partial charge is 0.249 e. The molecule has 0 aliphatic rings. The van der Waals surface area contributed by atoms with Crippen molar-refractivity contribution in [3.8, 4) is 5.75 Å². The molecule has 1 aromatic heterocycles. The van der Waals surface area contributed by atoms with Crippen LogP contribution in [0, 0.1) is 0 Å². The number of hydrogen-bond acceptors (Lipinski definition) is 5. The monoisotopic (exact) mass is 444 g/mol. The summed E-state index contributed by atoms with van der Waals surface area (Å²) in [6.45, 7) is 6.38. The van der Waals surface area contributed by atoms with E-state index in [1.165, 1.54) is 36.1 Å². The van der Waals surface area contributed by atoms with Crippen LogP contribution in [-0.2, 0) is 27.6 Å². The summed E-state index contributed by atoms with van der Waals surface area (Å²) in [4.78, 5) is 17.4. The van der Waals surface area contributed by atoms with E-state index >= 15 is 0 Å². The summed E-state index contributed by atoms with van der Waals surface area (Å²) in [5.74, 6) is -0.191. The van der Waals surface area contributed by atoms with E-state index < -0.39 is 15.7 Å². The normalized spacial score (nSPS) is 12.3. The average Bonchev–Trinajstić information content (AvgIpc) is 3.08. The maximum absolute atomic E-state index is 12.5. The number of sulfone groups is 1. The SMILES string of the molecule is C=CCn1c(=NC(=O)CCS(=O)(=O)c2ccc(OC)cc2)sc2cc(CC)ccc21. The molecule has 3 aromatic rings. The predicted octanol–water partition coefficient (Wildman–Crippen LogP) is 3.75. The van der Waals surface area contributed by atoms with Gasteiger partial charge in [-0.2, -0.15) is 4.99 Å². The first-order valence-electron chi connectivity index (χ1n) is 9.55. The van der Waals surface area contributed by atoms with Crippen molar-refractivity contribution in [2.75, 3.05) is 12.9 Å². The number of thiazole rings is 1. The summed E-state index contributed by atoms with van der Waals surface area (Å²) in [7, 11) is -2.07. The lowest BCUT2D eigenvalue weighted by molar-refractivity contribution is -0.117. The molecular formula is C22H24N2O4S2. The molecule has 158 valence electrons. The second-order valence-electron chi connectivity index (χ2n) is 6.69. The van der Waals surface area contributed by atoms with Gasteiger partial charge in [0.15, 0.2) is 14.6 Å². The molecule has 0 unspecified atom stereocenters. The molecule has 0 radical (unpaired) electrons. The van der Waals surface area contributed by atoms with Crippen molar-refractivity contribution in [1.29, 1.82) is 0 Å². The van der Waals surface area contributed by atoms with Crippen molar-refractivity contribution >= 4 is 37.3 Å². The molecule has 8 heteroatoms. The zero-order chi connectivity index (χ0) is 21.7. The molecular weight excluding hydrogens is 420 g/mol. The molecule has 0 saturated carbocycles. The number of aryl methyl sites for hydroxylation is 1. The fourth-order valence-electron chi connectivity index (χ4n) is 3.01. The molecule has 0 spiro atoms. The molecule has 0 fully saturated rings. The number of ether oxygens (including phenoxy) is 1. The van der Waals surface area contributed by atoms with Crippen molar-refractivity contribution in [2.45, 2.75) is 31.2 Å². The molecule has 1 heterocycles. The van der Waals surface area contributed by atoms with Gasteiger partial charge >= 0.3 is 0 Å². The van der Waals surface area contributed by atoms with E-state index in [1.54, 1.807) is 18.2 Å². The zero-order valence-electron chi connectivity index (χ0n) is 17.0. The van der Waals surface area contributed by atoms with Crippen LogP contribution in [0.1, 0.15) is 18.9 Å². The van der Waals surface area contributed by atoms with Gasteiger partial charge in [-0.25, -0.2) is 8.42 Å². The highest BCUT2D eigenvalue weighted by Gasteiger charge is 2.17. The van der Waals surface area contributed by atoms with E-state index in [0.29, 0.717) is 17.1 Å². The van der Waals surface area contributed by atoms with Gasteiger partial charge in [0.25, 0.3) is 0 Å². The number of methoxy groups -OCH3 is 1. The van der Waals surface area contributed by atoms with Crippen LogP contribution in [0.15, 0.2) is 65.0 Å². The van der Waals surface area contributed by atoms with Crippen LogP contribution in [0.5, 0.6) is 5.75 Å². The number of aromatic nitrogens is 1. The Kier molecular flexibility index (Phi) is 6.89. The topological polar surface area (TPSA) is 77.7 Å². The van der Waals surface area contributed by atoms with Gasteiger partial charge in [0.05, 0.1) is 28.0 Å². The summed E-state index contributed by atoms with van der Waals surface area (Å²) < 4.78 is 33.0. The van der Waals surface area contributed by atoms with Gasteiger partial charge in [-0.1, -0.05) is 30.4 Å². The highest BCUT2D eigenvalue weighted by atomic mass is 32.2. The van der Waals surface area contributed by atoms with Gasteiger partial charge < -0.3 is 9.30 Å². The third kappa shape index (κ3) is 4.88. The first kappa shape index (κ1) is 22.0. The number of fused-ring (bicyclic) bond motifs is 1. The van der Waals surface area contributed by atoms with E-state index in [-0.39, 0.29) is 17.1 Å². The average molecular weight is 445 g/mol. The highest BCUT2D eigenvalue weighted by molar-refractivity contribution is 7.91. The van der Waals surface area contributed by atoms with Gasteiger partial charge in [-0.3, -0.25) is 4.79 Å². The van der Waals surface area contributed by atoms with Crippen LogP contribution in [0.4, 0.5) is 0 Å². The molecule has 3 rings (SSSR count). The summed E-state index contributed by atoms with van der Waals surface area (Å²) >= 11 is 1.42. The van der Waals surface area contributed by atoms with Crippen LogP contribution in [0.2, 0.25) is 0 Å². The van der Waals surface area contributed by atoms with Crippen LogP contribution in [0.25, 0.3) is 10.2 Å². The van der Waals surface area contributed by atoms with E-state index in [1.807, 2.05) is 10.6 Å². The first-order valence-corrected chi connectivity index (χ1v) is 12.0. The number of amides is 1. The lowest BCUT2D eigenvalue weighted by atomic mass is 10.2. The summed E-state index contributed by atoms with van der Waals surface area (Å²) in [5.41, 5.74) is 2.19. The van der Waals surface area contributed by atoms with Crippen molar-refractivity contribution in [2.24, 2.45) is 4.99 Å². The van der Waals surface area contributed by atoms with Crippen LogP contribution < -0.4 is 9.54 Å². The molecule has 0 bridgehead atoms. The Hall–Kier alpha value is -2.71. The maximum atomic E-state index is 12.5. The van der Waals surface area contributed by atoms with Gasteiger partial charge in [-0.15, -0.1) is 6.58 Å². The lowest BCUT2D eigenvalue weighted by Crippen LogP contribution is -2.17. The minimum atomic E-state index is -3.58. The van der Waals surface area contributed by atoms with Gasteiger partial charge in [0.2, 0.25) is 5.91 Å². The van der Waals surface area contributed by atoms with E-state index in [4.69, 9.17) is 4.74 Å². The molecule has 1 amide bonds. The van der Waals surface area contributed by atoms with E-state index in [0.717, 1.165) is 16.6 Å². The predicted molar refractivity (Wildman–Crippen MR) is 120 cm³/mol. The number of carbonyl (C=O) groups excluding carboxylic acids is 1. The highest BCUT2D eigenvalue weighted by Crippen LogP contribution is 2.20. The Labute approximate surface area is 180 Å². The van der Waals surface area contributed by atoms with Crippen molar-refractivity contribution in [3.63, 3.8) is 0 Å². The summed E-state index contributed by atoms with van der Waals surface area (Å²) in [6, 6.07) is 12.3. The lowest BCUT2D eigenvalue weighted by Gasteiger charge is -2.04. The molecule has 30 heavy (non-hydrogen) atoms. The van der Waals surface area contributed by atoms with E-state index in [9.17, 15) is 13.2 Å². The fourth-order valence-corrected chi connectivity index (χ4v) is 5.36. The van der Waals surface area contributed by atoms with Crippen molar-refractivity contribution in [1.82, 2.24) is 4.57 Å². The first-order chi connectivity index (χ1) is 14.4. The third-order valence-electron chi connectivity index (χ3n) is 4.69. The molecule has 0 saturated heterocycles. The number of nitrogens with zero attached hydrogens (tertiary/aromatic N) is 2. The number of hydrogen-bond donors (Lipinski definition) is 0. The largest absolute Gasteiger partial charge is 0.497 e. The van der Waals surface area contributed by atoms with Crippen molar-refractivity contribution < 1.29 is 17.9 Å². The Morgan fingerprint density at radius 1 is 1.23 bits per heavy atom. The molecule has 0 atom stereocenters. The number of benzene rings is 2. The van der Waals surface area contributed by atoms with Gasteiger partial charge in [-0.05, 0) is 48.4 Å². The van der Waals surface area contributed by atoms with E-state index in [2.05, 4.69) is 30.6 Å². The molecule has 0 aliphatic carbocycles. The minimum absolute atomic E-state index is 0.159. The van der Waals surface area contributed by atoms with Crippen LogP contribution in [-0.4, -0.2) is 31.8 Å². The Morgan fingerprint density at radius 3 is 2.60 bits per heavy atom. The summed E-state index contributed by atoms with van der Waals surface area (Å²) in [6.07, 6.45) is 2.48. The number of rotatable bonds is 8. The number of allylic oxidation sites excluding steroid dienone is 1. The molecule has 0 N–H and O–H groups in total. The molecule has 0 aliphatic heterocycles. The summed E-state index contributed by atoms with van der Waals surface area (Å²) in [5, 5.41) is 0. The number of carbonyl (C=O) groups is 1. The minimum Gasteiger partial charge on any atom is -0.497 e. The molecule has 2 aromatic carbocycles. The zero-order valence-corrected chi connectivity index (χ0v) is 18.6. The molecule has 6 nitrogen and oxygen atoms in total. The second-order valence-corrected chi connectivity index (χ2v) is 9.81. The quantitative estimate of drug-likeness (QED) is 0.496. The Morgan fingerprint density at radius 2 is 1.97 bits per heavy atom. The Bertz CT molecular complexity index is 1240. The standard InChI is InChI=1S/C22H24N2O4S2/c1-4-13-24-19-11-6-16(5-2)15-20(19)29-22(24)23-21(25)12-14-30(26,27)18-9-7-17(28-3)8-10-18/h4,6-11,15H,1,5,12-14H2,2-3H3. The fraction of sp³-hybridized carbons (Fsp3) is 0.273. The van der Waals surface area contributed by atoms with Gasteiger partial charge in [0.1, 0.15) is 5.75 Å². The van der Waals surface area contributed by atoms with Crippen molar-refractivity contribution in [3.05, 3.63) is 65.5 Å². The third-order valence-corrected chi connectivity index (χ3v) is 7.46.